The lowest BCUT2D eigenvalue weighted by Gasteiger charge is -2.13. The van der Waals surface area contributed by atoms with Gasteiger partial charge < -0.3 is 5.32 Å². The van der Waals surface area contributed by atoms with Crippen molar-refractivity contribution in [2.75, 3.05) is 12.4 Å². The molecule has 0 unspecified atom stereocenters. The lowest BCUT2D eigenvalue weighted by molar-refractivity contribution is -0.114. The van der Waals surface area contributed by atoms with E-state index in [2.05, 4.69) is 10.3 Å². The number of halogens is 1. The van der Waals surface area contributed by atoms with Crippen LogP contribution in [0.1, 0.15) is 23.6 Å². The minimum Gasteiger partial charge on any atom is -0.323 e. The Morgan fingerprint density at radius 3 is 2.52 bits per heavy atom. The van der Waals surface area contributed by atoms with Crippen molar-refractivity contribution < 1.29 is 9.18 Å². The molecule has 2 rings (SSSR count). The third-order valence-electron chi connectivity index (χ3n) is 3.08. The van der Waals surface area contributed by atoms with Gasteiger partial charge in [0.1, 0.15) is 5.82 Å². The highest BCUT2D eigenvalue weighted by atomic mass is 19.1. The Labute approximate surface area is 123 Å². The van der Waals surface area contributed by atoms with Crippen molar-refractivity contribution in [1.82, 2.24) is 0 Å². The van der Waals surface area contributed by atoms with E-state index >= 15 is 0 Å². The predicted octanol–water partition coefficient (Wildman–Crippen LogP) is 3.56. The maximum Gasteiger partial charge on any atom is 0.221 e. The smallest absolute Gasteiger partial charge is 0.221 e. The van der Waals surface area contributed by atoms with Crippen molar-refractivity contribution >= 4 is 17.3 Å². The number of benzene rings is 2. The highest BCUT2D eigenvalue weighted by Gasteiger charge is 2.15. The van der Waals surface area contributed by atoms with Crippen molar-refractivity contribution in [3.8, 4) is 0 Å². The molecule has 0 spiro atoms. The molecule has 2 aromatic carbocycles. The van der Waals surface area contributed by atoms with E-state index in [-0.39, 0.29) is 11.6 Å². The largest absolute Gasteiger partial charge is 0.323 e. The molecule has 2 aromatic rings. The normalized spacial score (nSPS) is 11.3. The fourth-order valence-electron chi connectivity index (χ4n) is 2.22. The molecule has 21 heavy (non-hydrogen) atoms. The quantitative estimate of drug-likeness (QED) is 0.860. The van der Waals surface area contributed by atoms with Gasteiger partial charge in [-0.25, -0.2) is 4.39 Å². The first-order valence-corrected chi connectivity index (χ1v) is 6.63. The molecule has 4 heteroatoms. The van der Waals surface area contributed by atoms with Crippen LogP contribution in [0.2, 0.25) is 0 Å². The number of hydrogen-bond acceptors (Lipinski definition) is 2. The van der Waals surface area contributed by atoms with Crippen molar-refractivity contribution in [2.24, 2.45) is 4.99 Å². The summed E-state index contributed by atoms with van der Waals surface area (Å²) in [6.07, 6.45) is 0. The second kappa shape index (κ2) is 6.31. The maximum atomic E-state index is 14.0. The molecule has 0 fully saturated rings. The fraction of sp³-hybridized carbons (Fsp3) is 0.176. The van der Waals surface area contributed by atoms with Gasteiger partial charge in [0.2, 0.25) is 5.91 Å². The molecule has 0 atom stereocenters. The van der Waals surface area contributed by atoms with E-state index in [0.717, 1.165) is 11.1 Å². The van der Waals surface area contributed by atoms with E-state index in [1.165, 1.54) is 13.0 Å². The topological polar surface area (TPSA) is 41.5 Å². The summed E-state index contributed by atoms with van der Waals surface area (Å²) in [7, 11) is 1.65. The van der Waals surface area contributed by atoms with E-state index in [4.69, 9.17) is 0 Å². The van der Waals surface area contributed by atoms with E-state index in [1.807, 2.05) is 31.2 Å². The Bertz CT molecular complexity index is 708. The summed E-state index contributed by atoms with van der Waals surface area (Å²) < 4.78 is 14.0. The standard InChI is InChI=1S/C17H17FN2O/c1-11-6-4-7-13(10-11)16(19-3)14-8-5-9-15(18)17(14)20-12(2)21/h4-10H,1-3H3,(H,20,21). The zero-order valence-corrected chi connectivity index (χ0v) is 12.3. The van der Waals surface area contributed by atoms with Crippen LogP contribution in [0.25, 0.3) is 0 Å². The van der Waals surface area contributed by atoms with Gasteiger partial charge >= 0.3 is 0 Å². The van der Waals surface area contributed by atoms with Gasteiger partial charge in [0, 0.05) is 25.1 Å². The van der Waals surface area contributed by atoms with Crippen LogP contribution in [-0.2, 0) is 4.79 Å². The molecule has 3 nitrogen and oxygen atoms in total. The summed E-state index contributed by atoms with van der Waals surface area (Å²) in [6, 6.07) is 12.5. The van der Waals surface area contributed by atoms with Crippen LogP contribution in [0, 0.1) is 12.7 Å². The van der Waals surface area contributed by atoms with E-state index in [0.29, 0.717) is 11.3 Å². The number of nitrogens with zero attached hydrogens (tertiary/aromatic N) is 1. The van der Waals surface area contributed by atoms with Gasteiger partial charge in [-0.3, -0.25) is 9.79 Å². The summed E-state index contributed by atoms with van der Waals surface area (Å²) in [4.78, 5) is 15.6. The van der Waals surface area contributed by atoms with Gasteiger partial charge in [0.25, 0.3) is 0 Å². The molecule has 0 saturated carbocycles. The van der Waals surface area contributed by atoms with Crippen LogP contribution in [0.5, 0.6) is 0 Å². The monoisotopic (exact) mass is 284 g/mol. The lowest BCUT2D eigenvalue weighted by Crippen LogP contribution is -2.14. The average molecular weight is 284 g/mol. The zero-order valence-electron chi connectivity index (χ0n) is 12.3. The molecule has 1 N–H and O–H groups in total. The van der Waals surface area contributed by atoms with Crippen LogP contribution in [0.15, 0.2) is 47.5 Å². The molecule has 0 aliphatic rings. The van der Waals surface area contributed by atoms with Crippen molar-refractivity contribution in [1.29, 1.82) is 0 Å². The highest BCUT2D eigenvalue weighted by Crippen LogP contribution is 2.24. The van der Waals surface area contributed by atoms with E-state index < -0.39 is 5.82 Å². The minimum absolute atomic E-state index is 0.159. The summed E-state index contributed by atoms with van der Waals surface area (Å²) in [5, 5.41) is 2.55. The number of aliphatic imine (C=N–C) groups is 1. The number of rotatable bonds is 3. The first kappa shape index (κ1) is 14.9. The molecule has 0 bridgehead atoms. The fourth-order valence-corrected chi connectivity index (χ4v) is 2.22. The molecule has 0 aliphatic heterocycles. The number of aryl methyl sites for hydroxylation is 1. The summed E-state index contributed by atoms with van der Waals surface area (Å²) in [6.45, 7) is 3.34. The Balaban J connectivity index is 2.58. The summed E-state index contributed by atoms with van der Waals surface area (Å²) >= 11 is 0. The third kappa shape index (κ3) is 3.34. The Hall–Kier alpha value is -2.49. The van der Waals surface area contributed by atoms with Crippen LogP contribution in [-0.4, -0.2) is 18.7 Å². The van der Waals surface area contributed by atoms with Crippen LogP contribution in [0.3, 0.4) is 0 Å². The molecule has 1 amide bonds. The molecule has 0 radical (unpaired) electrons. The first-order chi connectivity index (χ1) is 10.0. The Morgan fingerprint density at radius 1 is 1.19 bits per heavy atom. The van der Waals surface area contributed by atoms with Gasteiger partial charge in [0.05, 0.1) is 11.4 Å². The van der Waals surface area contributed by atoms with Gasteiger partial charge in [-0.2, -0.15) is 0 Å². The van der Waals surface area contributed by atoms with Gasteiger partial charge in [-0.05, 0) is 19.1 Å². The summed E-state index contributed by atoms with van der Waals surface area (Å²) in [5.41, 5.74) is 3.34. The molecular weight excluding hydrogens is 267 g/mol. The van der Waals surface area contributed by atoms with Gasteiger partial charge in [-0.15, -0.1) is 0 Å². The summed E-state index contributed by atoms with van der Waals surface area (Å²) in [5.74, 6) is -0.794. The molecule has 0 heterocycles. The molecule has 0 saturated heterocycles. The average Bonchev–Trinajstić information content (AvgIpc) is 2.43. The number of carbonyl (C=O) groups is 1. The number of carbonyl (C=O) groups excluding carboxylic acids is 1. The van der Waals surface area contributed by atoms with Gasteiger partial charge in [0.15, 0.2) is 0 Å². The molecular formula is C17H17FN2O. The number of amides is 1. The van der Waals surface area contributed by atoms with Gasteiger partial charge in [-0.1, -0.05) is 35.9 Å². The minimum atomic E-state index is -0.475. The first-order valence-electron chi connectivity index (χ1n) is 6.63. The van der Waals surface area contributed by atoms with E-state index in [1.54, 1.807) is 19.2 Å². The highest BCUT2D eigenvalue weighted by molar-refractivity contribution is 6.17. The second-order valence-corrected chi connectivity index (χ2v) is 4.79. The SMILES string of the molecule is CN=C(c1cccc(C)c1)c1cccc(F)c1NC(C)=O. The second-order valence-electron chi connectivity index (χ2n) is 4.79. The number of nitrogens with one attached hydrogen (secondary N) is 1. The van der Waals surface area contributed by atoms with Crippen LogP contribution >= 0.6 is 0 Å². The number of anilines is 1. The Kier molecular flexibility index (Phi) is 4.48. The predicted molar refractivity (Wildman–Crippen MR) is 83.4 cm³/mol. The van der Waals surface area contributed by atoms with Crippen molar-refractivity contribution in [2.45, 2.75) is 13.8 Å². The molecule has 108 valence electrons. The number of hydrogen-bond donors (Lipinski definition) is 1. The lowest BCUT2D eigenvalue weighted by atomic mass is 9.99. The zero-order chi connectivity index (χ0) is 15.4. The van der Waals surface area contributed by atoms with E-state index in [9.17, 15) is 9.18 Å². The molecule has 0 aromatic heterocycles. The Morgan fingerprint density at radius 2 is 1.90 bits per heavy atom. The van der Waals surface area contributed by atoms with Crippen LogP contribution < -0.4 is 5.32 Å². The number of para-hydroxylation sites is 1. The third-order valence-corrected chi connectivity index (χ3v) is 3.08. The molecule has 0 aliphatic carbocycles. The van der Waals surface area contributed by atoms with Crippen LogP contribution in [0.4, 0.5) is 10.1 Å². The van der Waals surface area contributed by atoms with Crippen molar-refractivity contribution in [3.63, 3.8) is 0 Å². The van der Waals surface area contributed by atoms with Crippen molar-refractivity contribution in [3.05, 3.63) is 65.0 Å². The maximum absolute atomic E-state index is 14.0.